The van der Waals surface area contributed by atoms with Crippen molar-refractivity contribution in [2.45, 2.75) is 53.1 Å². The van der Waals surface area contributed by atoms with Gasteiger partial charge in [0.2, 0.25) is 0 Å². The quantitative estimate of drug-likeness (QED) is 0.386. The lowest BCUT2D eigenvalue weighted by molar-refractivity contribution is 0.0943. The van der Waals surface area contributed by atoms with Gasteiger partial charge in [0, 0.05) is 37.0 Å². The largest absolute Gasteiger partial charge is 0.351 e. The maximum atomic E-state index is 13.8. The van der Waals surface area contributed by atoms with Gasteiger partial charge >= 0.3 is 0 Å². The van der Waals surface area contributed by atoms with Crippen LogP contribution in [-0.4, -0.2) is 34.0 Å². The zero-order valence-corrected chi connectivity index (χ0v) is 21.5. The summed E-state index contributed by atoms with van der Waals surface area (Å²) in [6.07, 6.45) is 2.62. The average molecular weight is 507 g/mol. The summed E-state index contributed by atoms with van der Waals surface area (Å²) >= 11 is 0. The molecule has 6 nitrogen and oxygen atoms in total. The molecule has 194 valence electrons. The molecule has 2 aliphatic heterocycles. The number of nitrogens with zero attached hydrogens (tertiary/aromatic N) is 2. The second-order valence-corrected chi connectivity index (χ2v) is 10.3. The fourth-order valence-corrected chi connectivity index (χ4v) is 5.54. The fourth-order valence-electron chi connectivity index (χ4n) is 5.54. The van der Waals surface area contributed by atoms with Gasteiger partial charge in [-0.3, -0.25) is 9.59 Å². The number of carbonyl (C=O) groups excluding carboxylic acids is 2. The predicted octanol–water partition coefficient (Wildman–Crippen LogP) is 5.33. The van der Waals surface area contributed by atoms with E-state index in [1.165, 1.54) is 18.2 Å². The van der Waals surface area contributed by atoms with E-state index in [9.17, 15) is 18.4 Å². The summed E-state index contributed by atoms with van der Waals surface area (Å²) in [5.41, 5.74) is 5.14. The molecule has 6 rings (SSSR count). The Morgan fingerprint density at radius 2 is 1.30 bits per heavy atom. The highest BCUT2D eigenvalue weighted by atomic mass is 19.1. The lowest BCUT2D eigenvalue weighted by atomic mass is 10.0. The van der Waals surface area contributed by atoms with Gasteiger partial charge in [-0.15, -0.1) is 0 Å². The minimum atomic E-state index is -0.254. The van der Waals surface area contributed by atoms with Crippen molar-refractivity contribution in [3.8, 4) is 0 Å². The van der Waals surface area contributed by atoms with Gasteiger partial charge < -0.3 is 19.8 Å². The second-order valence-electron chi connectivity index (χ2n) is 10.3. The lowest BCUT2D eigenvalue weighted by Gasteiger charge is -2.12. The molecular formula is C29H32F2N4O2. The van der Waals surface area contributed by atoms with Crippen LogP contribution in [0.2, 0.25) is 0 Å². The van der Waals surface area contributed by atoms with Crippen LogP contribution in [0.5, 0.6) is 0 Å². The molecule has 2 N–H and O–H groups in total. The maximum Gasteiger partial charge on any atom is 0.267 e. The van der Waals surface area contributed by atoms with Crippen LogP contribution in [0.3, 0.4) is 0 Å². The summed E-state index contributed by atoms with van der Waals surface area (Å²) in [6.45, 7) is 9.11. The van der Waals surface area contributed by atoms with Gasteiger partial charge in [-0.2, -0.15) is 0 Å². The molecule has 37 heavy (non-hydrogen) atoms. The molecule has 0 fully saturated rings. The van der Waals surface area contributed by atoms with Crippen LogP contribution in [-0.2, 0) is 19.5 Å². The van der Waals surface area contributed by atoms with Gasteiger partial charge in [-0.1, -0.05) is 13.8 Å². The number of rotatable bonds is 2. The van der Waals surface area contributed by atoms with Crippen LogP contribution in [0.25, 0.3) is 21.8 Å². The highest BCUT2D eigenvalue weighted by Gasteiger charge is 2.21. The number of aryl methyl sites for hydroxylation is 3. The van der Waals surface area contributed by atoms with E-state index in [2.05, 4.69) is 29.0 Å². The Kier molecular flexibility index (Phi) is 6.75. The third kappa shape index (κ3) is 4.84. The Morgan fingerprint density at radius 3 is 1.86 bits per heavy atom. The number of nitrogens with one attached hydrogen (secondary N) is 2. The zero-order valence-electron chi connectivity index (χ0n) is 21.5. The van der Waals surface area contributed by atoms with Crippen molar-refractivity contribution >= 4 is 33.6 Å². The van der Waals surface area contributed by atoms with Crippen molar-refractivity contribution in [2.24, 2.45) is 5.92 Å². The van der Waals surface area contributed by atoms with Crippen molar-refractivity contribution in [3.63, 3.8) is 0 Å². The lowest BCUT2D eigenvalue weighted by Crippen LogP contribution is -2.22. The number of hydrogen-bond acceptors (Lipinski definition) is 2. The first-order chi connectivity index (χ1) is 17.7. The SMILES string of the molecule is CC(C)Cc1cc(F)cc2cc3n(c12)CCCNC3=O.Cc1cc(F)cc2cc3n(c12)CCCNC3=O. The summed E-state index contributed by atoms with van der Waals surface area (Å²) in [6, 6.07) is 9.71. The molecule has 0 spiro atoms. The number of carbonyl (C=O) groups is 2. The number of hydrogen-bond donors (Lipinski definition) is 2. The smallest absolute Gasteiger partial charge is 0.267 e. The van der Waals surface area contributed by atoms with E-state index >= 15 is 0 Å². The molecule has 2 amide bonds. The summed E-state index contributed by atoms with van der Waals surface area (Å²) < 4.78 is 31.2. The number of aromatic nitrogens is 2. The first-order valence-corrected chi connectivity index (χ1v) is 12.9. The van der Waals surface area contributed by atoms with Crippen molar-refractivity contribution in [2.75, 3.05) is 13.1 Å². The van der Waals surface area contributed by atoms with Crippen molar-refractivity contribution < 1.29 is 18.4 Å². The Morgan fingerprint density at radius 1 is 0.784 bits per heavy atom. The molecule has 2 aromatic carbocycles. The summed E-state index contributed by atoms with van der Waals surface area (Å²) in [5.74, 6) is -0.163. The molecule has 2 aliphatic rings. The van der Waals surface area contributed by atoms with E-state index in [1.807, 2.05) is 17.6 Å². The van der Waals surface area contributed by atoms with Gasteiger partial charge in [0.1, 0.15) is 23.0 Å². The molecule has 0 saturated carbocycles. The molecule has 0 unspecified atom stereocenters. The summed E-state index contributed by atoms with van der Waals surface area (Å²) in [4.78, 5) is 23.9. The Hall–Kier alpha value is -3.68. The van der Waals surface area contributed by atoms with E-state index in [-0.39, 0.29) is 23.4 Å². The highest BCUT2D eigenvalue weighted by molar-refractivity contribution is 6.00. The average Bonchev–Trinajstić information content (AvgIpc) is 3.25. The molecule has 2 aromatic heterocycles. The Labute approximate surface area is 214 Å². The monoisotopic (exact) mass is 506 g/mol. The van der Waals surface area contributed by atoms with Crippen LogP contribution < -0.4 is 10.6 Å². The van der Waals surface area contributed by atoms with E-state index in [4.69, 9.17) is 0 Å². The van der Waals surface area contributed by atoms with E-state index in [1.54, 1.807) is 12.1 Å². The van der Waals surface area contributed by atoms with Gasteiger partial charge in [0.05, 0.1) is 11.0 Å². The fraction of sp³-hybridized carbons (Fsp3) is 0.379. The first-order valence-electron chi connectivity index (χ1n) is 12.9. The van der Waals surface area contributed by atoms with Crippen LogP contribution >= 0.6 is 0 Å². The Bertz CT molecular complexity index is 1520. The van der Waals surface area contributed by atoms with Crippen molar-refractivity contribution in [3.05, 3.63) is 70.5 Å². The van der Waals surface area contributed by atoms with Crippen molar-refractivity contribution in [1.82, 2.24) is 19.8 Å². The molecule has 8 heteroatoms. The van der Waals surface area contributed by atoms with Crippen LogP contribution in [0.1, 0.15) is 58.8 Å². The highest BCUT2D eigenvalue weighted by Crippen LogP contribution is 2.28. The third-order valence-corrected chi connectivity index (χ3v) is 6.97. The van der Waals surface area contributed by atoms with E-state index in [0.29, 0.717) is 30.4 Å². The molecular weight excluding hydrogens is 474 g/mol. The van der Waals surface area contributed by atoms with Crippen LogP contribution in [0, 0.1) is 24.5 Å². The number of fused-ring (bicyclic) bond motifs is 6. The summed E-state index contributed by atoms with van der Waals surface area (Å²) in [5, 5.41) is 7.35. The number of benzene rings is 2. The maximum absolute atomic E-state index is 13.8. The predicted molar refractivity (Wildman–Crippen MR) is 141 cm³/mol. The molecule has 0 radical (unpaired) electrons. The normalized spacial score (nSPS) is 15.4. The topological polar surface area (TPSA) is 68.1 Å². The van der Waals surface area contributed by atoms with E-state index in [0.717, 1.165) is 65.3 Å². The Balaban J connectivity index is 0.000000153. The molecule has 0 saturated heterocycles. The minimum Gasteiger partial charge on any atom is -0.351 e. The van der Waals surface area contributed by atoms with Crippen LogP contribution in [0.4, 0.5) is 8.78 Å². The number of halogens is 2. The first kappa shape index (κ1) is 25.0. The number of amides is 2. The van der Waals surface area contributed by atoms with Crippen molar-refractivity contribution in [1.29, 1.82) is 0 Å². The van der Waals surface area contributed by atoms with Gasteiger partial charge in [-0.25, -0.2) is 8.78 Å². The van der Waals surface area contributed by atoms with E-state index < -0.39 is 0 Å². The summed E-state index contributed by atoms with van der Waals surface area (Å²) in [7, 11) is 0. The van der Waals surface area contributed by atoms with Gasteiger partial charge in [-0.05, 0) is 79.6 Å². The molecule has 0 atom stereocenters. The molecule has 0 aliphatic carbocycles. The molecule has 0 bridgehead atoms. The molecule has 4 aromatic rings. The standard InChI is InChI=1S/C16H19FN2O.C13H13FN2O/c1-10(2)6-11-7-13(17)8-12-9-14-16(20)18-4-3-5-19(14)15(11)12;1-8-5-10(14)6-9-7-11-13(17)15-3-2-4-16(11)12(8)9/h7-10H,3-6H2,1-2H3,(H,18,20);5-7H,2-4H2,1H3,(H,15,17). The third-order valence-electron chi connectivity index (χ3n) is 6.97. The van der Waals surface area contributed by atoms with Gasteiger partial charge in [0.15, 0.2) is 0 Å². The zero-order chi connectivity index (χ0) is 26.3. The molecule has 4 heterocycles. The van der Waals surface area contributed by atoms with Crippen LogP contribution in [0.15, 0.2) is 36.4 Å². The minimum absolute atomic E-state index is 0.0606. The van der Waals surface area contributed by atoms with Gasteiger partial charge in [0.25, 0.3) is 11.8 Å². The second kappa shape index (κ2) is 10.00.